The monoisotopic (exact) mass is 319 g/mol. The first-order valence-corrected chi connectivity index (χ1v) is 6.56. The van der Waals surface area contributed by atoms with E-state index in [0.717, 1.165) is 6.20 Å². The Balaban J connectivity index is 2.40. The lowest BCUT2D eigenvalue weighted by Crippen LogP contribution is -2.48. The van der Waals surface area contributed by atoms with Gasteiger partial charge in [-0.15, -0.1) is 0 Å². The summed E-state index contributed by atoms with van der Waals surface area (Å²) < 4.78 is 40.4. The molecule has 0 saturated carbocycles. The Morgan fingerprint density at radius 1 is 1.55 bits per heavy atom. The lowest BCUT2D eigenvalue weighted by atomic mass is 10.0. The maximum absolute atomic E-state index is 13.5. The van der Waals surface area contributed by atoms with Crippen molar-refractivity contribution in [3.63, 3.8) is 0 Å². The minimum absolute atomic E-state index is 0.189. The molecule has 1 amide bonds. The number of hydrazine groups is 1. The molecule has 0 bridgehead atoms. The Morgan fingerprint density at radius 2 is 2.27 bits per heavy atom. The van der Waals surface area contributed by atoms with Crippen LogP contribution in [0.25, 0.3) is 0 Å². The molecule has 2 atom stereocenters. The van der Waals surface area contributed by atoms with Crippen LogP contribution in [0, 0.1) is 0 Å². The molecule has 122 valence electrons. The Labute approximate surface area is 124 Å². The smallest absolute Gasteiger partial charge is 0.413 e. The summed E-state index contributed by atoms with van der Waals surface area (Å²) in [5.74, 6) is 5.31. The molecule has 1 fully saturated rings. The van der Waals surface area contributed by atoms with Crippen molar-refractivity contribution < 1.29 is 23.1 Å². The van der Waals surface area contributed by atoms with Gasteiger partial charge in [-0.1, -0.05) is 6.07 Å². The number of hydrogen-bond donors (Lipinski definition) is 4. The van der Waals surface area contributed by atoms with Crippen LogP contribution < -0.4 is 16.6 Å². The number of carboxylic acid groups (broad SMARTS) is 1. The molecule has 10 heteroatoms. The molecule has 2 rings (SSSR count). The number of halogens is 3. The number of hydrogen-bond acceptors (Lipinski definition) is 5. The molecule has 0 aromatic carbocycles. The molecule has 0 unspecified atom stereocenters. The van der Waals surface area contributed by atoms with Crippen molar-refractivity contribution in [2.45, 2.75) is 24.7 Å². The van der Waals surface area contributed by atoms with Gasteiger partial charge in [0, 0.05) is 24.3 Å². The Hall–Kier alpha value is -2.07. The highest BCUT2D eigenvalue weighted by atomic mass is 19.4. The van der Waals surface area contributed by atoms with E-state index in [0.29, 0.717) is 17.9 Å². The second-order valence-corrected chi connectivity index (χ2v) is 4.90. The largest absolute Gasteiger partial charge is 0.465 e. The van der Waals surface area contributed by atoms with Gasteiger partial charge in [0.05, 0.1) is 0 Å². The average molecular weight is 319 g/mol. The molecule has 22 heavy (non-hydrogen) atoms. The van der Waals surface area contributed by atoms with E-state index < -0.39 is 24.4 Å². The highest BCUT2D eigenvalue weighted by Gasteiger charge is 2.49. The number of rotatable bonds is 4. The molecule has 0 radical (unpaired) electrons. The van der Waals surface area contributed by atoms with Crippen molar-refractivity contribution in [1.82, 2.24) is 15.2 Å². The molecule has 1 aliphatic heterocycles. The summed E-state index contributed by atoms with van der Waals surface area (Å²) >= 11 is 0. The third kappa shape index (κ3) is 3.39. The van der Waals surface area contributed by atoms with Crippen molar-refractivity contribution >= 4 is 11.9 Å². The lowest BCUT2D eigenvalue weighted by Gasteiger charge is -2.35. The number of amides is 1. The first kappa shape index (κ1) is 16.3. The second-order valence-electron chi connectivity index (χ2n) is 4.90. The molecule has 1 aliphatic rings. The van der Waals surface area contributed by atoms with E-state index in [2.05, 4.69) is 15.7 Å². The maximum Gasteiger partial charge on any atom is 0.413 e. The van der Waals surface area contributed by atoms with Crippen LogP contribution in [-0.4, -0.2) is 46.4 Å². The van der Waals surface area contributed by atoms with Crippen molar-refractivity contribution in [3.8, 4) is 0 Å². The number of nitrogens with two attached hydrogens (primary N) is 1. The zero-order chi connectivity index (χ0) is 16.3. The quantitative estimate of drug-likeness (QED) is 0.493. The van der Waals surface area contributed by atoms with Crippen LogP contribution in [0.5, 0.6) is 0 Å². The van der Waals surface area contributed by atoms with E-state index in [-0.39, 0.29) is 17.9 Å². The van der Waals surface area contributed by atoms with Gasteiger partial charge in [0.25, 0.3) is 0 Å². The van der Waals surface area contributed by atoms with Crippen LogP contribution in [-0.2, 0) is 0 Å². The molecule has 2 heterocycles. The average Bonchev–Trinajstić information content (AvgIpc) is 2.97. The highest BCUT2D eigenvalue weighted by Crippen LogP contribution is 2.39. The van der Waals surface area contributed by atoms with Gasteiger partial charge >= 0.3 is 12.3 Å². The van der Waals surface area contributed by atoms with E-state index >= 15 is 0 Å². The number of anilines is 1. The van der Waals surface area contributed by atoms with Gasteiger partial charge in [0.15, 0.2) is 6.04 Å². The third-order valence-electron chi connectivity index (χ3n) is 3.49. The minimum atomic E-state index is -4.75. The van der Waals surface area contributed by atoms with Gasteiger partial charge in [-0.05, 0) is 19.0 Å². The summed E-state index contributed by atoms with van der Waals surface area (Å²) in [6.07, 6.45) is -5.06. The molecule has 1 aromatic heterocycles. The fourth-order valence-electron chi connectivity index (χ4n) is 2.51. The van der Waals surface area contributed by atoms with Crippen LogP contribution in [0.4, 0.5) is 23.8 Å². The molecule has 0 spiro atoms. The third-order valence-corrected chi connectivity index (χ3v) is 3.49. The molecule has 0 aliphatic carbocycles. The van der Waals surface area contributed by atoms with Gasteiger partial charge < -0.3 is 15.8 Å². The molecule has 7 nitrogen and oxygen atoms in total. The number of pyridine rings is 1. The van der Waals surface area contributed by atoms with Gasteiger partial charge in [-0.2, -0.15) is 13.2 Å². The SMILES string of the molecule is NNc1ccc([C@@H](N(C(=O)O)[C@H]2CCNC2)C(F)(F)F)cn1. The van der Waals surface area contributed by atoms with Crippen LogP contribution in [0.15, 0.2) is 18.3 Å². The second kappa shape index (κ2) is 6.36. The normalized spacial score (nSPS) is 19.7. The summed E-state index contributed by atoms with van der Waals surface area (Å²) in [5, 5.41) is 12.1. The summed E-state index contributed by atoms with van der Waals surface area (Å²) in [6, 6.07) is -0.578. The van der Waals surface area contributed by atoms with Crippen molar-refractivity contribution in [2.24, 2.45) is 5.84 Å². The van der Waals surface area contributed by atoms with Crippen LogP contribution in [0.1, 0.15) is 18.0 Å². The standard InChI is InChI=1S/C12H16F3N5O2/c13-12(14,15)10(7-1-2-9(19-16)18-5-7)20(11(21)22)8-3-4-17-6-8/h1-2,5,8,10,17H,3-4,6,16H2,(H,18,19)(H,21,22)/t8-,10+/m0/s1. The van der Waals surface area contributed by atoms with E-state index in [4.69, 9.17) is 5.84 Å². The summed E-state index contributed by atoms with van der Waals surface area (Å²) in [5.41, 5.74) is 1.96. The minimum Gasteiger partial charge on any atom is -0.465 e. The molecular weight excluding hydrogens is 303 g/mol. The molecule has 5 N–H and O–H groups in total. The van der Waals surface area contributed by atoms with Gasteiger partial charge in [-0.3, -0.25) is 4.90 Å². The highest BCUT2D eigenvalue weighted by molar-refractivity contribution is 5.66. The first-order chi connectivity index (χ1) is 10.3. The van der Waals surface area contributed by atoms with Crippen LogP contribution >= 0.6 is 0 Å². The number of nitrogens with one attached hydrogen (secondary N) is 2. The molecule has 1 saturated heterocycles. The number of alkyl halides is 3. The predicted octanol–water partition coefficient (Wildman–Crippen LogP) is 1.31. The fraction of sp³-hybridized carbons (Fsp3) is 0.500. The summed E-state index contributed by atoms with van der Waals surface area (Å²) in [7, 11) is 0. The van der Waals surface area contributed by atoms with Crippen molar-refractivity contribution in [1.29, 1.82) is 0 Å². The number of aromatic nitrogens is 1. The van der Waals surface area contributed by atoms with E-state index in [1.54, 1.807) is 0 Å². The summed E-state index contributed by atoms with van der Waals surface area (Å²) in [6.45, 7) is 0.669. The number of nitrogen functional groups attached to an aromatic ring is 1. The van der Waals surface area contributed by atoms with E-state index in [9.17, 15) is 23.1 Å². The summed E-state index contributed by atoms with van der Waals surface area (Å²) in [4.78, 5) is 15.6. The Bertz CT molecular complexity index is 516. The van der Waals surface area contributed by atoms with Crippen molar-refractivity contribution in [2.75, 3.05) is 18.5 Å². The zero-order valence-corrected chi connectivity index (χ0v) is 11.5. The molecular formula is C12H16F3N5O2. The Morgan fingerprint density at radius 3 is 2.68 bits per heavy atom. The fourth-order valence-corrected chi connectivity index (χ4v) is 2.51. The lowest BCUT2D eigenvalue weighted by molar-refractivity contribution is -0.185. The topological polar surface area (TPSA) is 104 Å². The predicted molar refractivity (Wildman–Crippen MR) is 72.0 cm³/mol. The van der Waals surface area contributed by atoms with Crippen LogP contribution in [0.2, 0.25) is 0 Å². The number of nitrogens with zero attached hydrogens (tertiary/aromatic N) is 2. The van der Waals surface area contributed by atoms with Gasteiger partial charge in [0.1, 0.15) is 5.82 Å². The zero-order valence-electron chi connectivity index (χ0n) is 11.5. The Kier molecular flexibility index (Phi) is 4.71. The van der Waals surface area contributed by atoms with Crippen molar-refractivity contribution in [3.05, 3.63) is 23.9 Å². The van der Waals surface area contributed by atoms with E-state index in [1.165, 1.54) is 12.1 Å². The first-order valence-electron chi connectivity index (χ1n) is 6.56. The van der Waals surface area contributed by atoms with Gasteiger partial charge in [0.2, 0.25) is 0 Å². The van der Waals surface area contributed by atoms with E-state index in [1.807, 2.05) is 0 Å². The van der Waals surface area contributed by atoms with Gasteiger partial charge in [-0.25, -0.2) is 15.6 Å². The molecule has 1 aromatic rings. The van der Waals surface area contributed by atoms with Crippen LogP contribution in [0.3, 0.4) is 0 Å². The number of carbonyl (C=O) groups is 1. The maximum atomic E-state index is 13.5.